The van der Waals surface area contributed by atoms with Gasteiger partial charge in [-0.3, -0.25) is 9.69 Å². The molecule has 2 saturated heterocycles. The second-order valence-electron chi connectivity index (χ2n) is 8.77. The van der Waals surface area contributed by atoms with E-state index in [-0.39, 0.29) is 5.91 Å². The van der Waals surface area contributed by atoms with Gasteiger partial charge < -0.3 is 15.2 Å². The van der Waals surface area contributed by atoms with Crippen LogP contribution in [0.4, 0.5) is 0 Å². The van der Waals surface area contributed by atoms with Crippen molar-refractivity contribution >= 4 is 5.91 Å². The summed E-state index contributed by atoms with van der Waals surface area (Å²) in [6.45, 7) is 11.0. The predicted molar refractivity (Wildman–Crippen MR) is 107 cm³/mol. The maximum Gasteiger partial charge on any atom is 0.220 e. The molecule has 7 heteroatoms. The van der Waals surface area contributed by atoms with Gasteiger partial charge >= 0.3 is 0 Å². The third-order valence-corrected chi connectivity index (χ3v) is 6.21. The van der Waals surface area contributed by atoms with E-state index >= 15 is 0 Å². The standard InChI is InChI=1S/C21H34N4O3/c1-5-17(26)24-20(4)8-11-28-21(19(20)27)6-9-25(10-7-21)14-16-12-22-18(15(2)3)23-13-16/h12-13,15,19,27H,5-11,14H2,1-4H3,(H,24,26)/t19-,20+/m0/s1. The number of aliphatic hydroxyl groups excluding tert-OH is 1. The summed E-state index contributed by atoms with van der Waals surface area (Å²) in [6.07, 6.45) is 5.66. The third-order valence-electron chi connectivity index (χ3n) is 6.21. The average Bonchev–Trinajstić information content (AvgIpc) is 2.68. The molecular formula is C21H34N4O3. The molecule has 28 heavy (non-hydrogen) atoms. The van der Waals surface area contributed by atoms with Crippen LogP contribution in [0.1, 0.15) is 70.7 Å². The minimum atomic E-state index is -0.708. The van der Waals surface area contributed by atoms with E-state index in [1.807, 2.05) is 26.2 Å². The highest BCUT2D eigenvalue weighted by Gasteiger charge is 2.53. The first-order valence-electron chi connectivity index (χ1n) is 10.4. The van der Waals surface area contributed by atoms with Crippen LogP contribution in [0.25, 0.3) is 0 Å². The van der Waals surface area contributed by atoms with Gasteiger partial charge in [-0.05, 0) is 26.2 Å². The number of carbonyl (C=O) groups is 1. The molecule has 0 bridgehead atoms. The Labute approximate surface area is 167 Å². The molecule has 3 rings (SSSR count). The van der Waals surface area contributed by atoms with E-state index in [1.54, 1.807) is 0 Å². The van der Waals surface area contributed by atoms with Crippen molar-refractivity contribution in [2.75, 3.05) is 19.7 Å². The van der Waals surface area contributed by atoms with Gasteiger partial charge in [0, 0.05) is 56.5 Å². The Morgan fingerprint density at radius 2 is 1.96 bits per heavy atom. The highest BCUT2D eigenvalue weighted by atomic mass is 16.5. The van der Waals surface area contributed by atoms with Crippen LogP contribution < -0.4 is 5.32 Å². The number of amides is 1. The maximum absolute atomic E-state index is 11.9. The second-order valence-corrected chi connectivity index (χ2v) is 8.77. The molecule has 1 aromatic rings. The second kappa shape index (κ2) is 8.43. The molecule has 0 radical (unpaired) electrons. The molecule has 3 heterocycles. The van der Waals surface area contributed by atoms with E-state index in [4.69, 9.17) is 4.74 Å². The molecule has 0 saturated carbocycles. The fourth-order valence-corrected chi connectivity index (χ4v) is 4.31. The van der Waals surface area contributed by atoms with Crippen molar-refractivity contribution in [3.05, 3.63) is 23.8 Å². The predicted octanol–water partition coefficient (Wildman–Crippen LogP) is 2.00. The molecule has 1 amide bonds. The van der Waals surface area contributed by atoms with Gasteiger partial charge in [-0.15, -0.1) is 0 Å². The van der Waals surface area contributed by atoms with E-state index in [9.17, 15) is 9.90 Å². The topological polar surface area (TPSA) is 87.6 Å². The van der Waals surface area contributed by atoms with Crippen LogP contribution in [-0.2, 0) is 16.1 Å². The number of carbonyl (C=O) groups excluding carboxylic acids is 1. The average molecular weight is 391 g/mol. The van der Waals surface area contributed by atoms with E-state index in [0.29, 0.717) is 25.4 Å². The number of aliphatic hydroxyl groups is 1. The summed E-state index contributed by atoms with van der Waals surface area (Å²) in [5.74, 6) is 1.17. The third kappa shape index (κ3) is 4.36. The van der Waals surface area contributed by atoms with Gasteiger partial charge in [0.05, 0.1) is 11.1 Å². The molecule has 0 aromatic carbocycles. The van der Waals surface area contributed by atoms with Gasteiger partial charge in [-0.25, -0.2) is 9.97 Å². The first-order chi connectivity index (χ1) is 13.3. The minimum Gasteiger partial charge on any atom is -0.388 e. The minimum absolute atomic E-state index is 0.0270. The van der Waals surface area contributed by atoms with Gasteiger partial charge in [0.25, 0.3) is 0 Å². The van der Waals surface area contributed by atoms with Crippen molar-refractivity contribution < 1.29 is 14.6 Å². The van der Waals surface area contributed by atoms with Crippen LogP contribution in [0.15, 0.2) is 12.4 Å². The van der Waals surface area contributed by atoms with Crippen molar-refractivity contribution in [1.29, 1.82) is 0 Å². The lowest BCUT2D eigenvalue weighted by Gasteiger charge is -2.53. The quantitative estimate of drug-likeness (QED) is 0.800. The van der Waals surface area contributed by atoms with Crippen molar-refractivity contribution in [2.24, 2.45) is 0 Å². The number of aromatic nitrogens is 2. The lowest BCUT2D eigenvalue weighted by atomic mass is 9.73. The fourth-order valence-electron chi connectivity index (χ4n) is 4.31. The molecule has 2 atom stereocenters. The number of nitrogens with zero attached hydrogens (tertiary/aromatic N) is 3. The van der Waals surface area contributed by atoms with Gasteiger partial charge in [0.1, 0.15) is 11.9 Å². The normalized spacial score (nSPS) is 27.9. The number of rotatable bonds is 5. The lowest BCUT2D eigenvalue weighted by molar-refractivity contribution is -0.208. The Bertz CT molecular complexity index is 671. The van der Waals surface area contributed by atoms with Crippen molar-refractivity contribution in [3.8, 4) is 0 Å². The number of hydrogen-bond acceptors (Lipinski definition) is 6. The zero-order valence-electron chi connectivity index (χ0n) is 17.6. The molecule has 7 nitrogen and oxygen atoms in total. The molecule has 156 valence electrons. The Morgan fingerprint density at radius 3 is 2.54 bits per heavy atom. The number of piperidine rings is 1. The molecule has 2 aliphatic rings. The molecule has 2 fully saturated rings. The van der Waals surface area contributed by atoms with Crippen molar-refractivity contribution in [3.63, 3.8) is 0 Å². The van der Waals surface area contributed by atoms with Gasteiger partial charge in [0.2, 0.25) is 5.91 Å². The van der Waals surface area contributed by atoms with E-state index in [2.05, 4.69) is 34.0 Å². The maximum atomic E-state index is 11.9. The van der Waals surface area contributed by atoms with Crippen molar-refractivity contribution in [1.82, 2.24) is 20.2 Å². The van der Waals surface area contributed by atoms with Gasteiger partial charge in [0.15, 0.2) is 0 Å². The highest BCUT2D eigenvalue weighted by molar-refractivity contribution is 5.76. The monoisotopic (exact) mass is 390 g/mol. The Hall–Kier alpha value is -1.57. The summed E-state index contributed by atoms with van der Waals surface area (Å²) in [4.78, 5) is 23.2. The first-order valence-corrected chi connectivity index (χ1v) is 10.4. The molecule has 1 aromatic heterocycles. The molecule has 0 unspecified atom stereocenters. The molecule has 1 spiro atoms. The summed E-state index contributed by atoms with van der Waals surface area (Å²) in [5, 5.41) is 14.2. The summed E-state index contributed by atoms with van der Waals surface area (Å²) in [5.41, 5.74) is -0.109. The molecule has 0 aliphatic carbocycles. The zero-order chi connectivity index (χ0) is 20.4. The Balaban J connectivity index is 1.61. The summed E-state index contributed by atoms with van der Waals surface area (Å²) in [6, 6.07) is 0. The lowest BCUT2D eigenvalue weighted by Crippen LogP contribution is -2.69. The number of hydrogen-bond donors (Lipinski definition) is 2. The van der Waals surface area contributed by atoms with Crippen molar-refractivity contribution in [2.45, 2.75) is 83.1 Å². The Morgan fingerprint density at radius 1 is 1.32 bits per heavy atom. The van der Waals surface area contributed by atoms with Gasteiger partial charge in [-0.1, -0.05) is 20.8 Å². The van der Waals surface area contributed by atoms with Crippen LogP contribution in [0.3, 0.4) is 0 Å². The van der Waals surface area contributed by atoms with E-state index < -0.39 is 17.2 Å². The van der Waals surface area contributed by atoms with Crippen LogP contribution in [0.5, 0.6) is 0 Å². The van der Waals surface area contributed by atoms with Crippen LogP contribution in [0, 0.1) is 0 Å². The molecule has 2 N–H and O–H groups in total. The molecule has 2 aliphatic heterocycles. The number of nitrogens with one attached hydrogen (secondary N) is 1. The summed E-state index contributed by atoms with van der Waals surface area (Å²) >= 11 is 0. The van der Waals surface area contributed by atoms with E-state index in [0.717, 1.165) is 43.9 Å². The SMILES string of the molecule is CCC(=O)N[C@]1(C)CCOC2(CCN(Cc3cnc(C(C)C)nc3)CC2)[C@H]1O. The van der Waals surface area contributed by atoms with Crippen LogP contribution in [-0.4, -0.2) is 62.8 Å². The summed E-state index contributed by atoms with van der Waals surface area (Å²) in [7, 11) is 0. The zero-order valence-corrected chi connectivity index (χ0v) is 17.6. The largest absolute Gasteiger partial charge is 0.388 e. The first kappa shape index (κ1) is 21.1. The number of likely N-dealkylation sites (tertiary alicyclic amines) is 1. The van der Waals surface area contributed by atoms with Crippen LogP contribution in [0.2, 0.25) is 0 Å². The number of ether oxygens (including phenoxy) is 1. The highest BCUT2D eigenvalue weighted by Crippen LogP contribution is 2.40. The summed E-state index contributed by atoms with van der Waals surface area (Å²) < 4.78 is 6.12. The fraction of sp³-hybridized carbons (Fsp3) is 0.762. The van der Waals surface area contributed by atoms with Gasteiger partial charge in [-0.2, -0.15) is 0 Å². The molecular weight excluding hydrogens is 356 g/mol. The van der Waals surface area contributed by atoms with Crippen LogP contribution >= 0.6 is 0 Å². The Kier molecular flexibility index (Phi) is 6.37. The smallest absolute Gasteiger partial charge is 0.220 e. The van der Waals surface area contributed by atoms with E-state index in [1.165, 1.54) is 0 Å².